The summed E-state index contributed by atoms with van der Waals surface area (Å²) in [5.41, 5.74) is -0.330. The predicted octanol–water partition coefficient (Wildman–Crippen LogP) is -2.46. The third-order valence-electron chi connectivity index (χ3n) is 3.29. The van der Waals surface area contributed by atoms with Crippen molar-refractivity contribution in [1.29, 1.82) is 0 Å². The summed E-state index contributed by atoms with van der Waals surface area (Å²) in [4.78, 5) is 11.5. The van der Waals surface area contributed by atoms with Crippen molar-refractivity contribution in [2.45, 2.75) is 30.7 Å². The first kappa shape index (κ1) is 20.3. The van der Waals surface area contributed by atoms with Crippen molar-refractivity contribution in [1.82, 2.24) is 0 Å². The maximum absolute atomic E-state index is 11.5. The average Bonchev–Trinajstić information content (AvgIpc) is 2.52. The molecule has 1 aliphatic heterocycles. The van der Waals surface area contributed by atoms with Gasteiger partial charge in [-0.1, -0.05) is 0 Å². The van der Waals surface area contributed by atoms with Crippen LogP contribution in [0.1, 0.15) is 18.4 Å². The lowest BCUT2D eigenvalue weighted by molar-refractivity contribution is -0.345. The first-order valence-corrected chi connectivity index (χ1v) is 6.95. The summed E-state index contributed by atoms with van der Waals surface area (Å²) < 4.78 is 5.32. The number of benzene rings is 1. The highest BCUT2D eigenvalue weighted by Gasteiger charge is 2.58. The van der Waals surface area contributed by atoms with E-state index < -0.39 is 23.8 Å². The molecule has 0 saturated heterocycles. The zero-order valence-corrected chi connectivity index (χ0v) is 12.9. The molecule has 136 valence electrons. The van der Waals surface area contributed by atoms with Gasteiger partial charge in [-0.15, -0.1) is 0 Å². The highest BCUT2D eigenvalue weighted by molar-refractivity contribution is 6.00. The number of hydrogen-bond acceptors (Lipinski definition) is 9. The third kappa shape index (κ3) is 3.99. The van der Waals surface area contributed by atoms with E-state index in [0.717, 1.165) is 7.11 Å². The third-order valence-corrected chi connectivity index (χ3v) is 3.29. The molecule has 8 N–H and O–H groups in total. The quantitative estimate of drug-likeness (QED) is 0.212. The second kappa shape index (κ2) is 7.85. The number of fused-ring (bicyclic) bond motifs is 1. The number of amides is 1. The largest absolute Gasteiger partial charge is 0.494 e. The molecule has 10 heteroatoms. The van der Waals surface area contributed by atoms with Crippen LogP contribution in [0.4, 0.5) is 5.69 Å². The fraction of sp³-hybridized carbons (Fsp3) is 0.500. The van der Waals surface area contributed by atoms with Crippen LogP contribution in [0.15, 0.2) is 18.2 Å². The Hall–Kier alpha value is -1.79. The Labute approximate surface area is 137 Å². The number of rotatable bonds is 5. The molecule has 1 aromatic carbocycles. The number of carbonyl (C=O) groups is 1. The second-order valence-electron chi connectivity index (χ2n) is 4.98. The summed E-state index contributed by atoms with van der Waals surface area (Å²) in [6, 6.07) is 3.81. The SMILES string of the molecule is CO.O=C1Nc2cc(OCCCC(O)O)ccc2C(O)(O)C1(O)O. The van der Waals surface area contributed by atoms with E-state index in [1.807, 2.05) is 0 Å². The zero-order valence-electron chi connectivity index (χ0n) is 12.9. The number of carbonyl (C=O) groups excluding carboxylic acids is 1. The van der Waals surface area contributed by atoms with Gasteiger partial charge in [-0.05, 0) is 18.6 Å². The minimum Gasteiger partial charge on any atom is -0.494 e. The van der Waals surface area contributed by atoms with Crippen LogP contribution >= 0.6 is 0 Å². The van der Waals surface area contributed by atoms with E-state index >= 15 is 0 Å². The lowest BCUT2D eigenvalue weighted by Gasteiger charge is -2.38. The first-order chi connectivity index (χ1) is 11.2. The van der Waals surface area contributed by atoms with E-state index in [2.05, 4.69) is 5.32 Å². The molecular formula is C14H21NO9. The van der Waals surface area contributed by atoms with Crippen LogP contribution in [0.3, 0.4) is 0 Å². The molecule has 0 aliphatic carbocycles. The Morgan fingerprint density at radius 2 is 1.75 bits per heavy atom. The molecule has 1 aliphatic rings. The van der Waals surface area contributed by atoms with Crippen LogP contribution < -0.4 is 10.1 Å². The number of ether oxygens (including phenoxy) is 1. The van der Waals surface area contributed by atoms with Crippen LogP contribution in [-0.4, -0.2) is 67.4 Å². The monoisotopic (exact) mass is 347 g/mol. The number of anilines is 1. The average molecular weight is 347 g/mol. The van der Waals surface area contributed by atoms with Crippen LogP contribution in [0.5, 0.6) is 5.75 Å². The van der Waals surface area contributed by atoms with Gasteiger partial charge >= 0.3 is 5.79 Å². The minimum absolute atomic E-state index is 0.0339. The molecule has 0 atom stereocenters. The van der Waals surface area contributed by atoms with Crippen LogP contribution in [0.25, 0.3) is 0 Å². The number of aliphatic hydroxyl groups excluding tert-OH is 2. The van der Waals surface area contributed by atoms with Crippen molar-refractivity contribution in [3.8, 4) is 5.75 Å². The van der Waals surface area contributed by atoms with Crippen LogP contribution in [-0.2, 0) is 10.6 Å². The molecule has 0 saturated carbocycles. The van der Waals surface area contributed by atoms with Crippen molar-refractivity contribution in [2.75, 3.05) is 19.0 Å². The molecule has 0 fully saturated rings. The van der Waals surface area contributed by atoms with Crippen molar-refractivity contribution >= 4 is 11.6 Å². The predicted molar refractivity (Wildman–Crippen MR) is 79.5 cm³/mol. The van der Waals surface area contributed by atoms with E-state index in [0.29, 0.717) is 6.42 Å². The van der Waals surface area contributed by atoms with Gasteiger partial charge < -0.3 is 45.8 Å². The summed E-state index contributed by atoms with van der Waals surface area (Å²) in [5.74, 6) is -7.64. The molecular weight excluding hydrogens is 326 g/mol. The Bertz CT molecular complexity index is 571. The van der Waals surface area contributed by atoms with Crippen LogP contribution in [0.2, 0.25) is 0 Å². The lowest BCUT2D eigenvalue weighted by atomic mass is 9.91. The molecule has 24 heavy (non-hydrogen) atoms. The zero-order chi connectivity index (χ0) is 18.5. The molecule has 0 unspecified atom stereocenters. The summed E-state index contributed by atoms with van der Waals surface area (Å²) >= 11 is 0. The maximum atomic E-state index is 11.5. The highest BCUT2D eigenvalue weighted by Crippen LogP contribution is 2.40. The van der Waals surface area contributed by atoms with E-state index in [1.54, 1.807) is 0 Å². The summed E-state index contributed by atoms with van der Waals surface area (Å²) in [6.45, 7) is 0.178. The first-order valence-electron chi connectivity index (χ1n) is 6.95. The van der Waals surface area contributed by atoms with Crippen molar-refractivity contribution in [3.05, 3.63) is 23.8 Å². The minimum atomic E-state index is -3.38. The molecule has 0 aromatic heterocycles. The van der Waals surface area contributed by atoms with Gasteiger partial charge in [0.15, 0.2) is 6.29 Å². The number of aliphatic hydroxyl groups is 7. The molecule has 0 bridgehead atoms. The van der Waals surface area contributed by atoms with Gasteiger partial charge in [0.05, 0.1) is 12.3 Å². The van der Waals surface area contributed by atoms with Gasteiger partial charge in [-0.2, -0.15) is 0 Å². The second-order valence-corrected chi connectivity index (χ2v) is 4.98. The van der Waals surface area contributed by atoms with E-state index in [9.17, 15) is 25.2 Å². The van der Waals surface area contributed by atoms with Crippen LogP contribution in [0, 0.1) is 0 Å². The molecule has 0 radical (unpaired) electrons. The van der Waals surface area contributed by atoms with Gasteiger partial charge in [0.2, 0.25) is 0 Å². The van der Waals surface area contributed by atoms with Crippen molar-refractivity contribution in [3.63, 3.8) is 0 Å². The molecule has 0 spiro atoms. The van der Waals surface area contributed by atoms with Gasteiger partial charge in [-0.3, -0.25) is 4.79 Å². The topological polar surface area (TPSA) is 180 Å². The summed E-state index contributed by atoms with van der Waals surface area (Å²) in [6.07, 6.45) is -0.908. The summed E-state index contributed by atoms with van der Waals surface area (Å²) in [7, 11) is 1.00. The van der Waals surface area contributed by atoms with Crippen molar-refractivity contribution in [2.24, 2.45) is 0 Å². The fourth-order valence-corrected chi connectivity index (χ4v) is 2.03. The smallest absolute Gasteiger partial charge is 0.305 e. The maximum Gasteiger partial charge on any atom is 0.305 e. The van der Waals surface area contributed by atoms with Gasteiger partial charge in [0, 0.05) is 25.2 Å². The van der Waals surface area contributed by atoms with E-state index in [1.165, 1.54) is 18.2 Å². The highest BCUT2D eigenvalue weighted by atomic mass is 16.6. The van der Waals surface area contributed by atoms with E-state index in [4.69, 9.17) is 20.1 Å². The molecule has 1 aromatic rings. The standard InChI is InChI=1S/C13H17NO8.CH4O/c15-10(16)2-1-5-22-7-3-4-8-9(6-7)14-11(17)13(20,21)12(8,18)19;1-2/h3-4,6,10,15-16,18-21H,1-2,5H2,(H,14,17);2H,1H3. The molecule has 1 heterocycles. The number of hydrogen-bond donors (Lipinski definition) is 8. The van der Waals surface area contributed by atoms with E-state index in [-0.39, 0.29) is 30.0 Å². The van der Waals surface area contributed by atoms with Gasteiger partial charge in [0.1, 0.15) is 5.75 Å². The lowest BCUT2D eigenvalue weighted by Crippen LogP contribution is -2.62. The Balaban J connectivity index is 0.00000139. The Morgan fingerprint density at radius 1 is 1.12 bits per heavy atom. The summed E-state index contributed by atoms with van der Waals surface area (Å²) in [5, 5.41) is 65.1. The van der Waals surface area contributed by atoms with Gasteiger partial charge in [0.25, 0.3) is 11.7 Å². The van der Waals surface area contributed by atoms with Gasteiger partial charge in [-0.25, -0.2) is 0 Å². The Kier molecular flexibility index (Phi) is 6.63. The van der Waals surface area contributed by atoms with Crippen molar-refractivity contribution < 1.29 is 45.3 Å². The Morgan fingerprint density at radius 3 is 2.33 bits per heavy atom. The normalized spacial score (nSPS) is 17.5. The molecule has 1 amide bonds. The number of nitrogens with one attached hydrogen (secondary N) is 1. The molecule has 2 rings (SSSR count). The fourth-order valence-electron chi connectivity index (χ4n) is 2.03. The molecule has 10 nitrogen and oxygen atoms in total.